The molecule has 1 saturated heterocycles. The second-order valence-electron chi connectivity index (χ2n) is 6.17. The molecule has 2 aliphatic rings. The van der Waals surface area contributed by atoms with Crippen LogP contribution in [0.4, 0.5) is 0 Å². The fourth-order valence-electron chi connectivity index (χ4n) is 2.93. The Morgan fingerprint density at radius 2 is 1.92 bits per heavy atom. The molecule has 0 bridgehead atoms. The van der Waals surface area contributed by atoms with Crippen LogP contribution in [0.5, 0.6) is 0 Å². The highest BCUT2D eigenvalue weighted by molar-refractivity contribution is 6.04. The summed E-state index contributed by atoms with van der Waals surface area (Å²) in [6.07, 6.45) is 0.993. The van der Waals surface area contributed by atoms with Gasteiger partial charge in [0, 0.05) is 39.0 Å². The number of amides is 2. The SMILES string of the molecule is O=C(CN1N=C(c2ccccc2)CCC1=O)NCCN1CCOCC1. The third-order valence-electron chi connectivity index (χ3n) is 4.36. The van der Waals surface area contributed by atoms with E-state index in [0.29, 0.717) is 19.4 Å². The minimum atomic E-state index is -0.181. The molecule has 134 valence electrons. The van der Waals surface area contributed by atoms with E-state index in [9.17, 15) is 9.59 Å². The molecule has 3 rings (SSSR count). The number of benzene rings is 1. The van der Waals surface area contributed by atoms with Crippen molar-refractivity contribution in [1.82, 2.24) is 15.2 Å². The molecule has 0 aromatic heterocycles. The van der Waals surface area contributed by atoms with Crippen LogP contribution >= 0.6 is 0 Å². The maximum Gasteiger partial charge on any atom is 0.243 e. The first kappa shape index (κ1) is 17.6. The molecule has 1 aromatic carbocycles. The van der Waals surface area contributed by atoms with Gasteiger partial charge in [-0.25, -0.2) is 5.01 Å². The van der Waals surface area contributed by atoms with E-state index in [-0.39, 0.29) is 18.4 Å². The Morgan fingerprint density at radius 1 is 1.16 bits per heavy atom. The van der Waals surface area contributed by atoms with E-state index < -0.39 is 0 Å². The van der Waals surface area contributed by atoms with Crippen molar-refractivity contribution in [2.24, 2.45) is 5.10 Å². The molecule has 2 heterocycles. The van der Waals surface area contributed by atoms with Crippen LogP contribution in [0.2, 0.25) is 0 Å². The van der Waals surface area contributed by atoms with Crippen molar-refractivity contribution in [2.45, 2.75) is 12.8 Å². The lowest BCUT2D eigenvalue weighted by Gasteiger charge is -2.27. The molecule has 2 aliphatic heterocycles. The molecular formula is C18H24N4O3. The van der Waals surface area contributed by atoms with Crippen molar-refractivity contribution >= 4 is 17.5 Å². The smallest absolute Gasteiger partial charge is 0.243 e. The monoisotopic (exact) mass is 344 g/mol. The van der Waals surface area contributed by atoms with Crippen molar-refractivity contribution in [2.75, 3.05) is 45.9 Å². The van der Waals surface area contributed by atoms with Crippen LogP contribution in [0.15, 0.2) is 35.4 Å². The Morgan fingerprint density at radius 3 is 2.68 bits per heavy atom. The normalized spacial score (nSPS) is 18.8. The van der Waals surface area contributed by atoms with Crippen molar-refractivity contribution in [1.29, 1.82) is 0 Å². The number of ether oxygens (including phenoxy) is 1. The third kappa shape index (κ3) is 5.11. The average Bonchev–Trinajstić information content (AvgIpc) is 2.65. The molecule has 0 aliphatic carbocycles. The van der Waals surface area contributed by atoms with Gasteiger partial charge in [0.05, 0.1) is 18.9 Å². The maximum absolute atomic E-state index is 12.1. The topological polar surface area (TPSA) is 74.2 Å². The Bertz CT molecular complexity index is 626. The highest BCUT2D eigenvalue weighted by Gasteiger charge is 2.23. The number of rotatable bonds is 6. The average molecular weight is 344 g/mol. The van der Waals surface area contributed by atoms with Crippen LogP contribution in [0, 0.1) is 0 Å². The van der Waals surface area contributed by atoms with Crippen molar-refractivity contribution < 1.29 is 14.3 Å². The number of nitrogens with zero attached hydrogens (tertiary/aromatic N) is 3. The summed E-state index contributed by atoms with van der Waals surface area (Å²) in [7, 11) is 0. The minimum absolute atomic E-state index is 0.0295. The van der Waals surface area contributed by atoms with Gasteiger partial charge in [-0.3, -0.25) is 14.5 Å². The number of hydrogen-bond acceptors (Lipinski definition) is 5. The summed E-state index contributed by atoms with van der Waals surface area (Å²) in [6, 6.07) is 9.76. The molecule has 0 saturated carbocycles. The Balaban J connectivity index is 1.49. The fraction of sp³-hybridized carbons (Fsp3) is 0.500. The molecule has 7 heteroatoms. The summed E-state index contributed by atoms with van der Waals surface area (Å²) in [5.74, 6) is -0.289. The van der Waals surface area contributed by atoms with Crippen LogP contribution in [-0.2, 0) is 14.3 Å². The molecule has 1 N–H and O–H groups in total. The summed E-state index contributed by atoms with van der Waals surface area (Å²) < 4.78 is 5.30. The van der Waals surface area contributed by atoms with Gasteiger partial charge in [0.1, 0.15) is 6.54 Å². The number of morpholine rings is 1. The first-order valence-corrected chi connectivity index (χ1v) is 8.72. The predicted molar refractivity (Wildman–Crippen MR) is 94.2 cm³/mol. The lowest BCUT2D eigenvalue weighted by molar-refractivity contribution is -0.136. The number of carbonyl (C=O) groups is 2. The van der Waals surface area contributed by atoms with Crippen LogP contribution < -0.4 is 5.32 Å². The van der Waals surface area contributed by atoms with Crippen molar-refractivity contribution in [3.63, 3.8) is 0 Å². The molecule has 0 radical (unpaired) electrons. The van der Waals surface area contributed by atoms with Gasteiger partial charge in [-0.1, -0.05) is 30.3 Å². The Kier molecular flexibility index (Phi) is 6.14. The van der Waals surface area contributed by atoms with Crippen LogP contribution in [0.25, 0.3) is 0 Å². The largest absolute Gasteiger partial charge is 0.379 e. The molecule has 1 aromatic rings. The van der Waals surface area contributed by atoms with E-state index in [0.717, 1.165) is 44.1 Å². The van der Waals surface area contributed by atoms with Gasteiger partial charge in [-0.15, -0.1) is 0 Å². The molecular weight excluding hydrogens is 320 g/mol. The van der Waals surface area contributed by atoms with Crippen molar-refractivity contribution in [3.05, 3.63) is 35.9 Å². The predicted octanol–water partition coefficient (Wildman–Crippen LogP) is 0.462. The summed E-state index contributed by atoms with van der Waals surface area (Å²) in [4.78, 5) is 26.4. The molecule has 0 unspecified atom stereocenters. The van der Waals surface area contributed by atoms with Gasteiger partial charge in [-0.05, 0) is 5.56 Å². The van der Waals surface area contributed by atoms with E-state index >= 15 is 0 Å². The zero-order valence-electron chi connectivity index (χ0n) is 14.3. The van der Waals surface area contributed by atoms with Crippen LogP contribution in [0.3, 0.4) is 0 Å². The number of nitrogens with one attached hydrogen (secondary N) is 1. The summed E-state index contributed by atoms with van der Waals surface area (Å²) >= 11 is 0. The van der Waals surface area contributed by atoms with Crippen molar-refractivity contribution in [3.8, 4) is 0 Å². The number of hydrogen-bond donors (Lipinski definition) is 1. The standard InChI is InChI=1S/C18H24N4O3/c23-17(19-8-9-21-10-12-25-13-11-21)14-22-18(24)7-6-16(20-22)15-4-2-1-3-5-15/h1-5H,6-14H2,(H,19,23). The molecule has 0 spiro atoms. The molecule has 25 heavy (non-hydrogen) atoms. The van der Waals surface area contributed by atoms with E-state index in [1.165, 1.54) is 5.01 Å². The highest BCUT2D eigenvalue weighted by Crippen LogP contribution is 2.14. The Labute approximate surface area is 147 Å². The summed E-state index contributed by atoms with van der Waals surface area (Å²) in [6.45, 7) is 4.60. The second kappa shape index (κ2) is 8.73. The molecule has 0 atom stereocenters. The number of hydrazone groups is 1. The van der Waals surface area contributed by atoms with E-state index in [1.807, 2.05) is 30.3 Å². The van der Waals surface area contributed by atoms with Gasteiger partial charge >= 0.3 is 0 Å². The fourth-order valence-corrected chi connectivity index (χ4v) is 2.93. The van der Waals surface area contributed by atoms with Crippen LogP contribution in [-0.4, -0.2) is 73.4 Å². The van der Waals surface area contributed by atoms with E-state index in [1.54, 1.807) is 0 Å². The first-order valence-electron chi connectivity index (χ1n) is 8.72. The Hall–Kier alpha value is -2.25. The highest BCUT2D eigenvalue weighted by atomic mass is 16.5. The number of carbonyl (C=O) groups excluding carboxylic acids is 2. The molecule has 7 nitrogen and oxygen atoms in total. The van der Waals surface area contributed by atoms with E-state index in [4.69, 9.17) is 4.74 Å². The summed E-state index contributed by atoms with van der Waals surface area (Å²) in [5.41, 5.74) is 1.84. The lowest BCUT2D eigenvalue weighted by Crippen LogP contribution is -2.44. The second-order valence-corrected chi connectivity index (χ2v) is 6.17. The van der Waals surface area contributed by atoms with Gasteiger partial charge in [0.15, 0.2) is 0 Å². The minimum Gasteiger partial charge on any atom is -0.379 e. The molecule has 2 amide bonds. The molecule has 1 fully saturated rings. The van der Waals surface area contributed by atoms with Crippen LogP contribution in [0.1, 0.15) is 18.4 Å². The third-order valence-corrected chi connectivity index (χ3v) is 4.36. The summed E-state index contributed by atoms with van der Waals surface area (Å²) in [5, 5.41) is 8.54. The quantitative estimate of drug-likeness (QED) is 0.814. The maximum atomic E-state index is 12.1. The van der Waals surface area contributed by atoms with Gasteiger partial charge in [0.25, 0.3) is 0 Å². The van der Waals surface area contributed by atoms with Gasteiger partial charge in [0.2, 0.25) is 11.8 Å². The lowest BCUT2D eigenvalue weighted by atomic mass is 10.0. The zero-order valence-corrected chi connectivity index (χ0v) is 14.3. The van der Waals surface area contributed by atoms with Gasteiger partial charge < -0.3 is 10.1 Å². The zero-order chi connectivity index (χ0) is 17.5. The first-order chi connectivity index (χ1) is 12.2. The van der Waals surface area contributed by atoms with Gasteiger partial charge in [-0.2, -0.15) is 5.10 Å². The van der Waals surface area contributed by atoms with E-state index in [2.05, 4.69) is 15.3 Å².